The largest absolute Gasteiger partial charge is 0.396 e. The topological polar surface area (TPSA) is 86.8 Å². The van der Waals surface area contributed by atoms with Crippen LogP contribution in [0, 0.1) is 5.92 Å². The van der Waals surface area contributed by atoms with Gasteiger partial charge in [0.05, 0.1) is 24.1 Å². The Hall–Kier alpha value is -1.73. The molecule has 0 aliphatic carbocycles. The smallest absolute Gasteiger partial charge is 0.200 e. The van der Waals surface area contributed by atoms with Crippen molar-refractivity contribution in [2.24, 2.45) is 5.92 Å². The second-order valence-corrected chi connectivity index (χ2v) is 5.95. The maximum atomic E-state index is 9.92. The van der Waals surface area contributed by atoms with Crippen LogP contribution in [0.5, 0.6) is 0 Å². The molecule has 2 aromatic heterocycles. The third-order valence-corrected chi connectivity index (χ3v) is 4.13. The molecular weight excluding hydrogens is 270 g/mol. The molecule has 0 aromatic carbocycles. The van der Waals surface area contributed by atoms with Gasteiger partial charge in [-0.3, -0.25) is 0 Å². The van der Waals surface area contributed by atoms with Crippen LogP contribution in [0.3, 0.4) is 0 Å². The van der Waals surface area contributed by atoms with Crippen molar-refractivity contribution in [1.29, 1.82) is 0 Å². The lowest BCUT2D eigenvalue weighted by Gasteiger charge is -2.36. The number of hydrogen-bond acceptors (Lipinski definition) is 6. The molecule has 0 saturated carbocycles. The van der Waals surface area contributed by atoms with Gasteiger partial charge in [-0.05, 0) is 18.4 Å². The lowest BCUT2D eigenvalue weighted by atomic mass is 9.95. The zero-order valence-corrected chi connectivity index (χ0v) is 12.3. The van der Waals surface area contributed by atoms with E-state index in [1.54, 1.807) is 10.8 Å². The average Bonchev–Trinajstić information content (AvgIpc) is 2.95. The Morgan fingerprint density at radius 2 is 2.24 bits per heavy atom. The van der Waals surface area contributed by atoms with Crippen molar-refractivity contribution < 1.29 is 10.2 Å². The second-order valence-electron chi connectivity index (χ2n) is 5.95. The summed E-state index contributed by atoms with van der Waals surface area (Å²) in [4.78, 5) is 2.16. The quantitative estimate of drug-likeness (QED) is 0.852. The highest BCUT2D eigenvalue weighted by Gasteiger charge is 2.29. The monoisotopic (exact) mass is 291 g/mol. The number of anilines is 1. The van der Waals surface area contributed by atoms with E-state index in [0.29, 0.717) is 24.5 Å². The van der Waals surface area contributed by atoms with Crippen molar-refractivity contribution in [2.45, 2.75) is 32.3 Å². The van der Waals surface area contributed by atoms with Crippen LogP contribution in [0.25, 0.3) is 5.65 Å². The van der Waals surface area contributed by atoms with E-state index >= 15 is 0 Å². The van der Waals surface area contributed by atoms with E-state index in [2.05, 4.69) is 34.0 Å². The third kappa shape index (κ3) is 2.58. The summed E-state index contributed by atoms with van der Waals surface area (Å²) in [5.74, 6) is 0.178. The zero-order chi connectivity index (χ0) is 15.0. The van der Waals surface area contributed by atoms with Crippen LogP contribution in [0.1, 0.15) is 31.9 Å². The predicted molar refractivity (Wildman–Crippen MR) is 78.3 cm³/mol. The Kier molecular flexibility index (Phi) is 3.77. The molecule has 1 aliphatic heterocycles. The van der Waals surface area contributed by atoms with Crippen molar-refractivity contribution in [2.75, 3.05) is 24.6 Å². The van der Waals surface area contributed by atoms with E-state index in [-0.39, 0.29) is 12.5 Å². The number of aliphatic hydroxyl groups excluding tert-OH is 2. The molecule has 21 heavy (non-hydrogen) atoms. The first-order valence-corrected chi connectivity index (χ1v) is 7.35. The maximum absolute atomic E-state index is 9.92. The molecule has 114 valence electrons. The molecule has 1 fully saturated rings. The number of nitrogens with zero attached hydrogens (tertiary/aromatic N) is 5. The van der Waals surface area contributed by atoms with Gasteiger partial charge < -0.3 is 15.1 Å². The lowest BCUT2D eigenvalue weighted by Crippen LogP contribution is -2.45. The number of rotatable bonds is 3. The van der Waals surface area contributed by atoms with Gasteiger partial charge in [0.1, 0.15) is 6.33 Å². The first-order chi connectivity index (χ1) is 10.1. The van der Waals surface area contributed by atoms with Crippen LogP contribution < -0.4 is 4.90 Å². The summed E-state index contributed by atoms with van der Waals surface area (Å²) in [7, 11) is 0. The van der Waals surface area contributed by atoms with E-state index in [1.807, 2.05) is 6.07 Å². The van der Waals surface area contributed by atoms with Gasteiger partial charge in [-0.25, -0.2) is 0 Å². The fourth-order valence-corrected chi connectivity index (χ4v) is 2.76. The number of piperidine rings is 1. The van der Waals surface area contributed by atoms with E-state index in [9.17, 15) is 10.2 Å². The van der Waals surface area contributed by atoms with Crippen molar-refractivity contribution >= 4 is 11.3 Å². The number of hydrogen-bond donors (Lipinski definition) is 2. The molecule has 7 heteroatoms. The Bertz CT molecular complexity index is 627. The summed E-state index contributed by atoms with van der Waals surface area (Å²) >= 11 is 0. The van der Waals surface area contributed by atoms with Gasteiger partial charge in [-0.15, -0.1) is 10.2 Å². The van der Waals surface area contributed by atoms with Gasteiger partial charge in [-0.1, -0.05) is 13.8 Å². The predicted octanol–water partition coefficient (Wildman–Crippen LogP) is 0.427. The van der Waals surface area contributed by atoms with Crippen LogP contribution in [-0.4, -0.2) is 55.8 Å². The minimum absolute atomic E-state index is 0.0111. The molecule has 2 atom stereocenters. The van der Waals surface area contributed by atoms with E-state index in [0.717, 1.165) is 17.9 Å². The molecule has 3 rings (SSSR count). The highest BCUT2D eigenvalue weighted by atomic mass is 16.3. The van der Waals surface area contributed by atoms with Crippen LogP contribution in [-0.2, 0) is 0 Å². The Morgan fingerprint density at radius 3 is 2.95 bits per heavy atom. The Balaban J connectivity index is 2.00. The maximum Gasteiger partial charge on any atom is 0.200 e. The SMILES string of the molecule is CC(C)c1cc(N2CC[C@H](O)[C@H](CO)C2)c2nncn2n1. The van der Waals surface area contributed by atoms with Crippen LogP contribution in [0.4, 0.5) is 5.69 Å². The van der Waals surface area contributed by atoms with E-state index in [4.69, 9.17) is 0 Å². The summed E-state index contributed by atoms with van der Waals surface area (Å²) in [6.07, 6.45) is 1.81. The first-order valence-electron chi connectivity index (χ1n) is 7.35. The molecule has 3 heterocycles. The molecule has 0 unspecified atom stereocenters. The lowest BCUT2D eigenvalue weighted by molar-refractivity contribution is 0.0526. The number of aromatic nitrogens is 4. The highest BCUT2D eigenvalue weighted by molar-refractivity contribution is 5.68. The van der Waals surface area contributed by atoms with Crippen LogP contribution in [0.15, 0.2) is 12.4 Å². The Labute approximate surface area is 123 Å². The summed E-state index contributed by atoms with van der Waals surface area (Å²) in [6, 6.07) is 2.04. The summed E-state index contributed by atoms with van der Waals surface area (Å²) in [5, 5.41) is 31.9. The van der Waals surface area contributed by atoms with Gasteiger partial charge >= 0.3 is 0 Å². The molecule has 2 aromatic rings. The molecule has 0 radical (unpaired) electrons. The minimum Gasteiger partial charge on any atom is -0.396 e. The normalized spacial score (nSPS) is 23.2. The van der Waals surface area contributed by atoms with Gasteiger partial charge in [0.25, 0.3) is 0 Å². The van der Waals surface area contributed by atoms with Crippen molar-refractivity contribution in [3.05, 3.63) is 18.1 Å². The minimum atomic E-state index is -0.438. The van der Waals surface area contributed by atoms with E-state index < -0.39 is 6.10 Å². The van der Waals surface area contributed by atoms with Crippen LogP contribution >= 0.6 is 0 Å². The molecule has 0 spiro atoms. The van der Waals surface area contributed by atoms with Gasteiger partial charge in [0.15, 0.2) is 0 Å². The summed E-state index contributed by atoms with van der Waals surface area (Å²) in [5.41, 5.74) is 2.66. The molecule has 0 amide bonds. The molecular formula is C14H21N5O2. The van der Waals surface area contributed by atoms with Crippen molar-refractivity contribution in [3.63, 3.8) is 0 Å². The second kappa shape index (κ2) is 5.57. The number of aliphatic hydroxyl groups is 2. The first kappa shape index (κ1) is 14.2. The highest BCUT2D eigenvalue weighted by Crippen LogP contribution is 2.28. The van der Waals surface area contributed by atoms with Crippen molar-refractivity contribution in [1.82, 2.24) is 19.8 Å². The van der Waals surface area contributed by atoms with Gasteiger partial charge in [0.2, 0.25) is 5.65 Å². The zero-order valence-electron chi connectivity index (χ0n) is 12.3. The Morgan fingerprint density at radius 1 is 1.43 bits per heavy atom. The van der Waals surface area contributed by atoms with Gasteiger partial charge in [0, 0.05) is 19.0 Å². The summed E-state index contributed by atoms with van der Waals surface area (Å²) in [6.45, 7) is 5.53. The molecule has 0 bridgehead atoms. The molecule has 1 saturated heterocycles. The number of fused-ring (bicyclic) bond motifs is 1. The molecule has 1 aliphatic rings. The molecule has 2 N–H and O–H groups in total. The standard InChI is InChI=1S/C14H21N5O2/c1-9(2)11-5-12(14-16-15-8-19(14)17-11)18-4-3-13(21)10(6-18)7-20/h5,8-10,13,20-21H,3-4,6-7H2,1-2H3/t10-,13-/m0/s1. The summed E-state index contributed by atoms with van der Waals surface area (Å²) < 4.78 is 1.70. The fourth-order valence-electron chi connectivity index (χ4n) is 2.76. The average molecular weight is 291 g/mol. The van der Waals surface area contributed by atoms with E-state index in [1.165, 1.54) is 0 Å². The van der Waals surface area contributed by atoms with Crippen molar-refractivity contribution in [3.8, 4) is 0 Å². The van der Waals surface area contributed by atoms with Gasteiger partial charge in [-0.2, -0.15) is 9.61 Å². The third-order valence-electron chi connectivity index (χ3n) is 4.13. The molecule has 7 nitrogen and oxygen atoms in total. The van der Waals surface area contributed by atoms with Crippen LogP contribution in [0.2, 0.25) is 0 Å². The fraction of sp³-hybridized carbons (Fsp3) is 0.643.